The molecule has 0 rings (SSSR count). The Morgan fingerprint density at radius 2 is 0.636 bits per heavy atom. The molecular formula is C32H67N. The topological polar surface area (TPSA) is 3.24 Å². The quantitative estimate of drug-likeness (QED) is 0.109. The summed E-state index contributed by atoms with van der Waals surface area (Å²) in [7, 11) is 0. The maximum absolute atomic E-state index is 2.82. The van der Waals surface area contributed by atoms with Crippen molar-refractivity contribution in [2.45, 2.75) is 176 Å². The van der Waals surface area contributed by atoms with Crippen LogP contribution in [0.1, 0.15) is 176 Å². The van der Waals surface area contributed by atoms with E-state index in [2.05, 4.69) is 39.5 Å². The Hall–Kier alpha value is -0.0400. The fourth-order valence-corrected chi connectivity index (χ4v) is 4.99. The summed E-state index contributed by atoms with van der Waals surface area (Å²) in [5.74, 6) is 1.76. The lowest BCUT2D eigenvalue weighted by molar-refractivity contribution is 0.253. The molecule has 0 aliphatic rings. The molecular weight excluding hydrogens is 398 g/mol. The standard InChI is InChI=1S/C32H67N/c1-6-7-8-9-10-11-12-13-14-15-18-23-28-33(29-24-19-16-21-26-31(2)3)30-25-20-17-22-27-32(4)5/h31-32H,6-30H2,1-5H3. The van der Waals surface area contributed by atoms with Gasteiger partial charge in [-0.25, -0.2) is 0 Å². The van der Waals surface area contributed by atoms with Crippen molar-refractivity contribution in [3.63, 3.8) is 0 Å². The SMILES string of the molecule is CCCCCCCCCCCCCCN(CCCCCCC(C)C)CCCCCCC(C)C. The van der Waals surface area contributed by atoms with E-state index in [1.165, 1.54) is 161 Å². The van der Waals surface area contributed by atoms with Crippen molar-refractivity contribution in [1.82, 2.24) is 4.90 Å². The zero-order chi connectivity index (χ0) is 24.4. The first-order valence-electron chi connectivity index (χ1n) is 15.8. The van der Waals surface area contributed by atoms with E-state index in [9.17, 15) is 0 Å². The average Bonchev–Trinajstić information content (AvgIpc) is 2.78. The van der Waals surface area contributed by atoms with Gasteiger partial charge >= 0.3 is 0 Å². The van der Waals surface area contributed by atoms with E-state index in [-0.39, 0.29) is 0 Å². The van der Waals surface area contributed by atoms with E-state index in [0.29, 0.717) is 0 Å². The second-order valence-electron chi connectivity index (χ2n) is 11.9. The molecule has 0 bridgehead atoms. The molecule has 0 fully saturated rings. The number of nitrogens with zero attached hydrogens (tertiary/aromatic N) is 1. The summed E-state index contributed by atoms with van der Waals surface area (Å²) >= 11 is 0. The zero-order valence-corrected chi connectivity index (χ0v) is 24.3. The van der Waals surface area contributed by atoms with Gasteiger partial charge in [0.05, 0.1) is 0 Å². The van der Waals surface area contributed by atoms with Crippen LogP contribution >= 0.6 is 0 Å². The lowest BCUT2D eigenvalue weighted by atomic mass is 10.0. The normalized spacial score (nSPS) is 12.0. The van der Waals surface area contributed by atoms with Crippen LogP contribution < -0.4 is 0 Å². The van der Waals surface area contributed by atoms with Crippen LogP contribution in [0.2, 0.25) is 0 Å². The molecule has 1 nitrogen and oxygen atoms in total. The molecule has 0 aliphatic heterocycles. The van der Waals surface area contributed by atoms with Gasteiger partial charge in [-0.1, -0.05) is 157 Å². The summed E-state index contributed by atoms with van der Waals surface area (Å²) in [5, 5.41) is 0. The van der Waals surface area contributed by atoms with Gasteiger partial charge < -0.3 is 4.90 Å². The fourth-order valence-electron chi connectivity index (χ4n) is 4.99. The van der Waals surface area contributed by atoms with E-state index in [1.807, 2.05) is 0 Å². The van der Waals surface area contributed by atoms with Crippen molar-refractivity contribution in [2.24, 2.45) is 11.8 Å². The Morgan fingerprint density at radius 3 is 0.939 bits per heavy atom. The fraction of sp³-hybridized carbons (Fsp3) is 1.00. The Kier molecular flexibility index (Phi) is 26.5. The average molecular weight is 466 g/mol. The zero-order valence-electron chi connectivity index (χ0n) is 24.3. The van der Waals surface area contributed by atoms with Crippen LogP contribution in [0, 0.1) is 11.8 Å². The molecule has 0 saturated carbocycles. The molecule has 0 saturated heterocycles. The lowest BCUT2D eigenvalue weighted by Gasteiger charge is -2.22. The predicted octanol–water partition coefficient (Wildman–Crippen LogP) is 11.2. The van der Waals surface area contributed by atoms with Gasteiger partial charge in [0, 0.05) is 0 Å². The van der Waals surface area contributed by atoms with Gasteiger partial charge in [-0.15, -0.1) is 0 Å². The van der Waals surface area contributed by atoms with Gasteiger partial charge in [-0.05, 0) is 50.7 Å². The highest BCUT2D eigenvalue weighted by atomic mass is 15.1. The molecule has 0 unspecified atom stereocenters. The molecule has 0 aromatic heterocycles. The third-order valence-corrected chi connectivity index (χ3v) is 7.34. The van der Waals surface area contributed by atoms with Crippen molar-refractivity contribution in [3.05, 3.63) is 0 Å². The largest absolute Gasteiger partial charge is 0.303 e. The van der Waals surface area contributed by atoms with E-state index < -0.39 is 0 Å². The monoisotopic (exact) mass is 466 g/mol. The first-order valence-corrected chi connectivity index (χ1v) is 15.8. The summed E-state index contributed by atoms with van der Waals surface area (Å²) in [6, 6.07) is 0. The smallest absolute Gasteiger partial charge is 0.00187 e. The van der Waals surface area contributed by atoms with Crippen LogP contribution in [-0.4, -0.2) is 24.5 Å². The van der Waals surface area contributed by atoms with E-state index >= 15 is 0 Å². The minimum atomic E-state index is 0.878. The molecule has 0 amide bonds. The molecule has 1 heteroatoms. The highest BCUT2D eigenvalue weighted by Crippen LogP contribution is 2.14. The van der Waals surface area contributed by atoms with Crippen LogP contribution in [0.3, 0.4) is 0 Å². The highest BCUT2D eigenvalue weighted by Gasteiger charge is 2.05. The van der Waals surface area contributed by atoms with Crippen molar-refractivity contribution in [2.75, 3.05) is 19.6 Å². The summed E-state index contributed by atoms with van der Waals surface area (Å²) in [6.45, 7) is 15.8. The summed E-state index contributed by atoms with van der Waals surface area (Å²) < 4.78 is 0. The summed E-state index contributed by atoms with van der Waals surface area (Å²) in [6.07, 6.45) is 31.8. The maximum Gasteiger partial charge on any atom is -0.00187 e. The molecule has 0 aliphatic carbocycles. The van der Waals surface area contributed by atoms with Crippen molar-refractivity contribution in [1.29, 1.82) is 0 Å². The van der Waals surface area contributed by atoms with Crippen molar-refractivity contribution >= 4 is 0 Å². The van der Waals surface area contributed by atoms with Gasteiger partial charge in [-0.3, -0.25) is 0 Å². The number of hydrogen-bond donors (Lipinski definition) is 0. The molecule has 0 spiro atoms. The summed E-state index contributed by atoms with van der Waals surface area (Å²) in [5.41, 5.74) is 0. The van der Waals surface area contributed by atoms with E-state index in [0.717, 1.165) is 11.8 Å². The minimum absolute atomic E-state index is 0.878. The Labute approximate surface area is 212 Å². The van der Waals surface area contributed by atoms with Crippen LogP contribution in [-0.2, 0) is 0 Å². The molecule has 0 heterocycles. The van der Waals surface area contributed by atoms with Crippen molar-refractivity contribution in [3.8, 4) is 0 Å². The first kappa shape index (κ1) is 33.0. The number of rotatable bonds is 27. The molecule has 33 heavy (non-hydrogen) atoms. The third kappa shape index (κ3) is 28.1. The number of hydrogen-bond acceptors (Lipinski definition) is 1. The van der Waals surface area contributed by atoms with E-state index in [1.54, 1.807) is 0 Å². The Bertz CT molecular complexity index is 328. The first-order chi connectivity index (χ1) is 16.1. The Balaban J connectivity index is 3.81. The predicted molar refractivity (Wildman–Crippen MR) is 153 cm³/mol. The van der Waals surface area contributed by atoms with Crippen LogP contribution in [0.25, 0.3) is 0 Å². The second-order valence-corrected chi connectivity index (χ2v) is 11.9. The van der Waals surface area contributed by atoms with Gasteiger partial charge in [0.1, 0.15) is 0 Å². The molecule has 0 N–H and O–H groups in total. The van der Waals surface area contributed by atoms with Gasteiger partial charge in [0.25, 0.3) is 0 Å². The van der Waals surface area contributed by atoms with E-state index in [4.69, 9.17) is 0 Å². The molecule has 0 atom stereocenters. The Morgan fingerprint density at radius 1 is 0.364 bits per heavy atom. The molecule has 200 valence electrons. The second kappa shape index (κ2) is 26.6. The number of unbranched alkanes of at least 4 members (excludes halogenated alkanes) is 17. The minimum Gasteiger partial charge on any atom is -0.303 e. The molecule has 0 radical (unpaired) electrons. The highest BCUT2D eigenvalue weighted by molar-refractivity contribution is 4.61. The van der Waals surface area contributed by atoms with Gasteiger partial charge in [0.15, 0.2) is 0 Å². The maximum atomic E-state index is 2.82. The van der Waals surface area contributed by atoms with Gasteiger partial charge in [-0.2, -0.15) is 0 Å². The lowest BCUT2D eigenvalue weighted by Crippen LogP contribution is -2.27. The van der Waals surface area contributed by atoms with Crippen LogP contribution in [0.15, 0.2) is 0 Å². The van der Waals surface area contributed by atoms with Crippen LogP contribution in [0.4, 0.5) is 0 Å². The third-order valence-electron chi connectivity index (χ3n) is 7.34. The summed E-state index contributed by atoms with van der Waals surface area (Å²) in [4.78, 5) is 2.82. The van der Waals surface area contributed by atoms with Crippen LogP contribution in [0.5, 0.6) is 0 Å². The molecule has 0 aromatic carbocycles. The molecule has 0 aromatic rings. The van der Waals surface area contributed by atoms with Crippen molar-refractivity contribution < 1.29 is 0 Å². The van der Waals surface area contributed by atoms with Gasteiger partial charge in [0.2, 0.25) is 0 Å².